The van der Waals surface area contributed by atoms with Crippen molar-refractivity contribution in [3.63, 3.8) is 0 Å². The van der Waals surface area contributed by atoms with E-state index in [-0.39, 0.29) is 5.92 Å². The summed E-state index contributed by atoms with van der Waals surface area (Å²) in [5.74, 6) is -0.829. The van der Waals surface area contributed by atoms with Crippen molar-refractivity contribution in [2.45, 2.75) is 38.3 Å². The molecule has 0 spiro atoms. The molecule has 1 aliphatic rings. The van der Waals surface area contributed by atoms with Crippen LogP contribution in [-0.4, -0.2) is 51.9 Å². The molecule has 1 aliphatic heterocycles. The number of carbonyl (C=O) groups is 1. The number of aliphatic carboxylic acids is 1. The first-order valence-electron chi connectivity index (χ1n) is 5.64. The molecule has 1 heterocycles. The van der Waals surface area contributed by atoms with Crippen LogP contribution in [0, 0.1) is 5.92 Å². The third-order valence-corrected chi connectivity index (χ3v) is 3.59. The zero-order valence-corrected chi connectivity index (χ0v) is 10.2. The Kier molecular flexibility index (Phi) is 3.62. The molecule has 0 saturated carbocycles. The fraction of sp³-hybridized carbons (Fsp3) is 0.909. The minimum absolute atomic E-state index is 0.130. The maximum atomic E-state index is 11.0. The number of β-amino-alcohol motifs (C(OH)–C–C–N with tert-alkyl or cyclic N) is 1. The highest BCUT2D eigenvalue weighted by Gasteiger charge is 2.43. The Labute approximate surface area is 96.2 Å². The van der Waals surface area contributed by atoms with Gasteiger partial charge in [0.15, 0.2) is 0 Å². The number of hydrogen-bond acceptors (Lipinski definition) is 4. The number of likely N-dealkylation sites (tertiary alicyclic amines) is 1. The molecule has 0 amide bonds. The predicted octanol–water partition coefficient (Wildman–Crippen LogP) is -0.119. The number of aliphatic hydroxyl groups is 1. The van der Waals surface area contributed by atoms with Gasteiger partial charge < -0.3 is 15.9 Å². The minimum Gasteiger partial charge on any atom is -0.480 e. The molecule has 5 nitrogen and oxygen atoms in total. The molecule has 5 heteroatoms. The van der Waals surface area contributed by atoms with Crippen LogP contribution in [0.15, 0.2) is 0 Å². The molecule has 0 bridgehead atoms. The monoisotopic (exact) mass is 230 g/mol. The van der Waals surface area contributed by atoms with Crippen LogP contribution in [-0.2, 0) is 4.79 Å². The SMILES string of the molecule is CC(C)C(C)(O)CN1CCC(N)(C(=O)O)C1. The summed E-state index contributed by atoms with van der Waals surface area (Å²) in [6.45, 7) is 7.08. The smallest absolute Gasteiger partial charge is 0.325 e. The lowest BCUT2D eigenvalue weighted by molar-refractivity contribution is -0.143. The Balaban J connectivity index is 2.58. The summed E-state index contributed by atoms with van der Waals surface area (Å²) in [6, 6.07) is 0. The zero-order chi connectivity index (χ0) is 12.6. The van der Waals surface area contributed by atoms with Crippen molar-refractivity contribution in [3.8, 4) is 0 Å². The van der Waals surface area contributed by atoms with E-state index >= 15 is 0 Å². The molecule has 2 atom stereocenters. The standard InChI is InChI=1S/C11H22N2O3/c1-8(2)10(3,16)6-13-5-4-11(12,7-13)9(14)15/h8,16H,4-7,12H2,1-3H3,(H,14,15). The Morgan fingerprint density at radius 2 is 2.19 bits per heavy atom. The van der Waals surface area contributed by atoms with Gasteiger partial charge >= 0.3 is 5.97 Å². The Hall–Kier alpha value is -0.650. The lowest BCUT2D eigenvalue weighted by Gasteiger charge is -2.32. The summed E-state index contributed by atoms with van der Waals surface area (Å²) in [4.78, 5) is 12.9. The highest BCUT2D eigenvalue weighted by Crippen LogP contribution is 2.24. The van der Waals surface area contributed by atoms with Crippen molar-refractivity contribution in [1.82, 2.24) is 4.90 Å². The first kappa shape index (κ1) is 13.4. The van der Waals surface area contributed by atoms with E-state index in [0.717, 1.165) is 0 Å². The molecule has 94 valence electrons. The van der Waals surface area contributed by atoms with Crippen LogP contribution in [0.4, 0.5) is 0 Å². The molecule has 2 unspecified atom stereocenters. The highest BCUT2D eigenvalue weighted by molar-refractivity contribution is 5.79. The van der Waals surface area contributed by atoms with Crippen molar-refractivity contribution < 1.29 is 15.0 Å². The fourth-order valence-electron chi connectivity index (χ4n) is 1.86. The Morgan fingerprint density at radius 1 is 1.62 bits per heavy atom. The molecule has 0 aliphatic carbocycles. The topological polar surface area (TPSA) is 86.8 Å². The van der Waals surface area contributed by atoms with Gasteiger partial charge in [-0.05, 0) is 19.3 Å². The summed E-state index contributed by atoms with van der Waals surface area (Å²) in [6.07, 6.45) is 0.441. The Bertz CT molecular complexity index is 278. The third-order valence-electron chi connectivity index (χ3n) is 3.59. The number of nitrogens with two attached hydrogens (primary N) is 1. The summed E-state index contributed by atoms with van der Waals surface area (Å²) in [7, 11) is 0. The second-order valence-electron chi connectivity index (χ2n) is 5.43. The second-order valence-corrected chi connectivity index (χ2v) is 5.43. The third kappa shape index (κ3) is 2.72. The lowest BCUT2D eigenvalue weighted by Crippen LogP contribution is -2.52. The number of carboxylic acids is 1. The number of rotatable bonds is 4. The van der Waals surface area contributed by atoms with Gasteiger partial charge in [-0.15, -0.1) is 0 Å². The molecule has 16 heavy (non-hydrogen) atoms. The van der Waals surface area contributed by atoms with Crippen LogP contribution < -0.4 is 5.73 Å². The summed E-state index contributed by atoms with van der Waals surface area (Å²) in [5, 5.41) is 19.1. The van der Waals surface area contributed by atoms with Gasteiger partial charge in [-0.2, -0.15) is 0 Å². The van der Waals surface area contributed by atoms with E-state index < -0.39 is 17.1 Å². The average molecular weight is 230 g/mol. The number of nitrogens with zero attached hydrogens (tertiary/aromatic N) is 1. The highest BCUT2D eigenvalue weighted by atomic mass is 16.4. The summed E-state index contributed by atoms with van der Waals surface area (Å²) < 4.78 is 0. The van der Waals surface area contributed by atoms with E-state index in [1.54, 1.807) is 6.92 Å². The molecule has 0 aromatic rings. The van der Waals surface area contributed by atoms with Gasteiger partial charge in [0.05, 0.1) is 5.60 Å². The normalized spacial score (nSPS) is 30.6. The van der Waals surface area contributed by atoms with Gasteiger partial charge in [0.1, 0.15) is 5.54 Å². The summed E-state index contributed by atoms with van der Waals surface area (Å²) >= 11 is 0. The van der Waals surface area contributed by atoms with Gasteiger partial charge in [-0.25, -0.2) is 0 Å². The quantitative estimate of drug-likeness (QED) is 0.627. The van der Waals surface area contributed by atoms with Crippen LogP contribution in [0.25, 0.3) is 0 Å². The van der Waals surface area contributed by atoms with Crippen molar-refractivity contribution in [2.75, 3.05) is 19.6 Å². The first-order valence-corrected chi connectivity index (χ1v) is 5.64. The molecule has 1 saturated heterocycles. The van der Waals surface area contributed by atoms with Crippen LogP contribution in [0.5, 0.6) is 0 Å². The van der Waals surface area contributed by atoms with Gasteiger partial charge in [0.2, 0.25) is 0 Å². The van der Waals surface area contributed by atoms with E-state index in [1.165, 1.54) is 0 Å². The van der Waals surface area contributed by atoms with Crippen LogP contribution in [0.3, 0.4) is 0 Å². The minimum atomic E-state index is -1.15. The molecule has 1 rings (SSSR count). The van der Waals surface area contributed by atoms with Crippen molar-refractivity contribution in [3.05, 3.63) is 0 Å². The van der Waals surface area contributed by atoms with Crippen LogP contribution >= 0.6 is 0 Å². The van der Waals surface area contributed by atoms with E-state index in [0.29, 0.717) is 26.1 Å². The van der Waals surface area contributed by atoms with Gasteiger partial charge in [0.25, 0.3) is 0 Å². The number of carboxylic acid groups (broad SMARTS) is 1. The van der Waals surface area contributed by atoms with E-state index in [9.17, 15) is 9.90 Å². The predicted molar refractivity (Wildman–Crippen MR) is 61.1 cm³/mol. The van der Waals surface area contributed by atoms with E-state index in [4.69, 9.17) is 10.8 Å². The van der Waals surface area contributed by atoms with Gasteiger partial charge in [0, 0.05) is 19.6 Å². The van der Waals surface area contributed by atoms with E-state index in [2.05, 4.69) is 0 Å². The van der Waals surface area contributed by atoms with Crippen molar-refractivity contribution >= 4 is 5.97 Å². The molecular formula is C11H22N2O3. The molecular weight excluding hydrogens is 208 g/mol. The summed E-state index contributed by atoms with van der Waals surface area (Å²) in [5.41, 5.74) is 3.82. The maximum Gasteiger partial charge on any atom is 0.325 e. The first-order chi connectivity index (χ1) is 7.17. The molecule has 0 radical (unpaired) electrons. The van der Waals surface area contributed by atoms with Crippen molar-refractivity contribution in [2.24, 2.45) is 11.7 Å². The second kappa shape index (κ2) is 4.31. The number of hydrogen-bond donors (Lipinski definition) is 3. The molecule has 0 aromatic heterocycles. The maximum absolute atomic E-state index is 11.0. The Morgan fingerprint density at radius 3 is 2.56 bits per heavy atom. The van der Waals surface area contributed by atoms with Gasteiger partial charge in [-0.3, -0.25) is 9.69 Å². The molecule has 4 N–H and O–H groups in total. The molecule has 0 aromatic carbocycles. The van der Waals surface area contributed by atoms with Crippen LogP contribution in [0.1, 0.15) is 27.2 Å². The fourth-order valence-corrected chi connectivity index (χ4v) is 1.86. The van der Waals surface area contributed by atoms with Crippen molar-refractivity contribution in [1.29, 1.82) is 0 Å². The van der Waals surface area contributed by atoms with Crippen LogP contribution in [0.2, 0.25) is 0 Å². The largest absolute Gasteiger partial charge is 0.480 e. The van der Waals surface area contributed by atoms with Gasteiger partial charge in [-0.1, -0.05) is 13.8 Å². The zero-order valence-electron chi connectivity index (χ0n) is 10.2. The average Bonchev–Trinajstić information content (AvgIpc) is 2.47. The molecule has 1 fully saturated rings. The lowest BCUT2D eigenvalue weighted by atomic mass is 9.92. The van der Waals surface area contributed by atoms with E-state index in [1.807, 2.05) is 18.7 Å².